The van der Waals surface area contributed by atoms with Crippen LogP contribution in [0.4, 0.5) is 28.4 Å². The minimum Gasteiger partial charge on any atom is -0.398 e. The highest BCUT2D eigenvalue weighted by molar-refractivity contribution is 7.86. The summed E-state index contributed by atoms with van der Waals surface area (Å²) in [5, 5.41) is 18.1. The van der Waals surface area contributed by atoms with E-state index in [9.17, 15) is 34.4 Å². The molecule has 5 N–H and O–H groups in total. The van der Waals surface area contributed by atoms with Gasteiger partial charge in [0.25, 0.3) is 30.4 Å². The second-order valence-corrected chi connectivity index (χ2v) is 13.3. The summed E-state index contributed by atoms with van der Waals surface area (Å²) in [4.78, 5) is -1.10. The van der Waals surface area contributed by atoms with Gasteiger partial charge < -0.3 is 5.73 Å². The highest BCUT2D eigenvalue weighted by atomic mass is 32.2. The summed E-state index contributed by atoms with van der Waals surface area (Å²) in [5.41, 5.74) is 7.23. The van der Waals surface area contributed by atoms with E-state index in [2.05, 4.69) is 20.5 Å². The van der Waals surface area contributed by atoms with E-state index < -0.39 is 35.2 Å². The number of hydrogen-bond donors (Lipinski definition) is 4. The number of rotatable bonds is 7. The number of fused-ring (bicyclic) bond motifs is 2. The molecule has 0 spiro atoms. The van der Waals surface area contributed by atoms with Crippen LogP contribution in [0.1, 0.15) is 0 Å². The van der Waals surface area contributed by atoms with E-state index in [-0.39, 0.29) is 37.9 Å². The lowest BCUT2D eigenvalue weighted by molar-refractivity contribution is 0.481. The van der Waals surface area contributed by atoms with E-state index in [0.29, 0.717) is 21.8 Å². The van der Waals surface area contributed by atoms with Gasteiger partial charge >= 0.3 is 0 Å². The van der Waals surface area contributed by atoms with Crippen molar-refractivity contribution in [2.75, 3.05) is 5.73 Å². The number of nitrogen functional groups attached to an aromatic ring is 1. The van der Waals surface area contributed by atoms with Gasteiger partial charge in [-0.05, 0) is 72.8 Å². The molecule has 0 fully saturated rings. The van der Waals surface area contributed by atoms with E-state index in [1.54, 1.807) is 6.07 Å². The summed E-state index contributed by atoms with van der Waals surface area (Å²) in [6, 6.07) is 18.5. The molecule has 0 aliphatic carbocycles. The highest BCUT2D eigenvalue weighted by Crippen LogP contribution is 2.38. The van der Waals surface area contributed by atoms with Crippen LogP contribution in [0.3, 0.4) is 0 Å². The van der Waals surface area contributed by atoms with Crippen molar-refractivity contribution in [2.24, 2.45) is 20.5 Å². The van der Waals surface area contributed by atoms with Crippen LogP contribution in [-0.2, 0) is 30.4 Å². The van der Waals surface area contributed by atoms with Crippen molar-refractivity contribution < 1.29 is 38.9 Å². The van der Waals surface area contributed by atoms with Crippen LogP contribution in [0.2, 0.25) is 0 Å². The number of hydrogen-bond acceptors (Lipinski definition) is 11. The third-order valence-electron chi connectivity index (χ3n) is 6.21. The first-order valence-corrected chi connectivity index (χ1v) is 16.2. The average molecular weight is 642 g/mol. The summed E-state index contributed by atoms with van der Waals surface area (Å²) in [7, 11) is -13.5. The molecule has 0 aliphatic heterocycles. The molecule has 0 aliphatic rings. The lowest BCUT2D eigenvalue weighted by atomic mass is 10.1. The first kappa shape index (κ1) is 29.8. The molecule has 0 saturated heterocycles. The maximum atomic E-state index is 11.8. The molecule has 14 nitrogen and oxygen atoms in total. The molecular formula is C26H19N5O9S3. The van der Waals surface area contributed by atoms with Crippen LogP contribution < -0.4 is 5.73 Å². The van der Waals surface area contributed by atoms with Crippen molar-refractivity contribution in [3.63, 3.8) is 0 Å². The molecule has 0 saturated carbocycles. The van der Waals surface area contributed by atoms with Crippen LogP contribution in [0, 0.1) is 0 Å². The fourth-order valence-corrected chi connectivity index (χ4v) is 5.61. The standard InChI is InChI=1S/C26H19N5O9S3/c27-23-9-10-24(19-7-5-17(13-21(19)23)42(35,36)37)30-31-25-11-12-26(22-14-18(43(38,39)40)6-8-20(22)25)29-28-15-1-3-16(4-2-15)41(32,33)34/h1-14H,27H2,(H,32,33,34)(H,35,36,37)(H,38,39,40). The zero-order chi connectivity index (χ0) is 31.2. The predicted octanol–water partition coefficient (Wildman–Crippen LogP) is 6.15. The van der Waals surface area contributed by atoms with Crippen molar-refractivity contribution in [1.82, 2.24) is 0 Å². The Morgan fingerprint density at radius 1 is 0.442 bits per heavy atom. The molecule has 0 bridgehead atoms. The summed E-state index contributed by atoms with van der Waals surface area (Å²) in [6.45, 7) is 0. The van der Waals surface area contributed by atoms with E-state index in [4.69, 9.17) is 10.3 Å². The lowest BCUT2D eigenvalue weighted by Crippen LogP contribution is -1.98. The van der Waals surface area contributed by atoms with Crippen molar-refractivity contribution in [1.29, 1.82) is 0 Å². The van der Waals surface area contributed by atoms with Gasteiger partial charge in [-0.2, -0.15) is 30.4 Å². The molecule has 5 aromatic carbocycles. The first-order chi connectivity index (χ1) is 20.1. The van der Waals surface area contributed by atoms with Crippen LogP contribution in [0.5, 0.6) is 0 Å². The summed E-state index contributed by atoms with van der Waals surface area (Å²) in [5.74, 6) is 0. The molecule has 17 heteroatoms. The second kappa shape index (κ2) is 10.9. The molecule has 5 rings (SSSR count). The molecule has 43 heavy (non-hydrogen) atoms. The van der Waals surface area contributed by atoms with E-state index >= 15 is 0 Å². The SMILES string of the molecule is Nc1ccc(N=Nc2ccc(N=Nc3ccc(S(=O)(=O)O)cc3)c3cc(S(=O)(=O)O)ccc23)c2ccc(S(=O)(=O)O)cc12. The molecule has 0 unspecified atom stereocenters. The van der Waals surface area contributed by atoms with Crippen molar-refractivity contribution in [3.8, 4) is 0 Å². The van der Waals surface area contributed by atoms with Crippen molar-refractivity contribution in [3.05, 3.63) is 84.9 Å². The fourth-order valence-electron chi connectivity index (χ4n) is 4.12. The largest absolute Gasteiger partial charge is 0.398 e. The Kier molecular flexibility index (Phi) is 7.55. The van der Waals surface area contributed by atoms with Crippen LogP contribution >= 0.6 is 0 Å². The van der Waals surface area contributed by atoms with Gasteiger partial charge in [-0.3, -0.25) is 13.7 Å². The number of nitrogens with two attached hydrogens (primary N) is 1. The Bertz CT molecular complexity index is 2320. The van der Waals surface area contributed by atoms with E-state index in [0.717, 1.165) is 12.1 Å². The smallest absolute Gasteiger partial charge is 0.294 e. The van der Waals surface area contributed by atoms with Crippen LogP contribution in [0.25, 0.3) is 21.5 Å². The Morgan fingerprint density at radius 3 is 1.35 bits per heavy atom. The van der Waals surface area contributed by atoms with E-state index in [1.165, 1.54) is 66.7 Å². The quantitative estimate of drug-likeness (QED) is 0.0898. The third kappa shape index (κ3) is 6.41. The Labute approximate surface area is 244 Å². The third-order valence-corrected chi connectivity index (χ3v) is 8.78. The predicted molar refractivity (Wildman–Crippen MR) is 157 cm³/mol. The normalized spacial score (nSPS) is 13.0. The summed E-state index contributed by atoms with van der Waals surface area (Å²) >= 11 is 0. The Balaban J connectivity index is 1.59. The van der Waals surface area contributed by atoms with Gasteiger partial charge in [0.1, 0.15) is 0 Å². The number of anilines is 1. The highest BCUT2D eigenvalue weighted by Gasteiger charge is 2.15. The van der Waals surface area contributed by atoms with Gasteiger partial charge in [0.15, 0.2) is 0 Å². The van der Waals surface area contributed by atoms with Crippen LogP contribution in [-0.4, -0.2) is 38.9 Å². The first-order valence-electron chi connectivity index (χ1n) is 11.9. The molecular weight excluding hydrogens is 623 g/mol. The summed E-state index contributed by atoms with van der Waals surface area (Å²) < 4.78 is 97.5. The van der Waals surface area contributed by atoms with Gasteiger partial charge in [0.05, 0.1) is 37.4 Å². The van der Waals surface area contributed by atoms with Crippen molar-refractivity contribution >= 4 is 80.3 Å². The van der Waals surface area contributed by atoms with Gasteiger partial charge in [0.2, 0.25) is 0 Å². The number of azo groups is 2. The average Bonchev–Trinajstić information content (AvgIpc) is 2.94. The monoisotopic (exact) mass is 641 g/mol. The Morgan fingerprint density at radius 2 is 0.837 bits per heavy atom. The number of nitrogens with zero attached hydrogens (tertiary/aromatic N) is 4. The van der Waals surface area contributed by atoms with E-state index in [1.807, 2.05) is 0 Å². The van der Waals surface area contributed by atoms with Gasteiger partial charge in [-0.15, -0.1) is 15.3 Å². The fraction of sp³-hybridized carbons (Fsp3) is 0. The molecule has 0 radical (unpaired) electrons. The van der Waals surface area contributed by atoms with Gasteiger partial charge in [-0.25, -0.2) is 0 Å². The van der Waals surface area contributed by atoms with Crippen LogP contribution in [0.15, 0.2) is 120 Å². The van der Waals surface area contributed by atoms with Gasteiger partial charge in [0, 0.05) is 27.2 Å². The second-order valence-electron chi connectivity index (χ2n) is 9.01. The summed E-state index contributed by atoms with van der Waals surface area (Å²) in [6.07, 6.45) is 0. The zero-order valence-electron chi connectivity index (χ0n) is 21.5. The van der Waals surface area contributed by atoms with Gasteiger partial charge in [-0.1, -0.05) is 12.1 Å². The topological polar surface area (TPSA) is 239 Å². The lowest BCUT2D eigenvalue weighted by Gasteiger charge is -2.08. The minimum atomic E-state index is -4.59. The molecule has 0 amide bonds. The Hall–Kier alpha value is -4.65. The maximum absolute atomic E-state index is 11.8. The molecule has 220 valence electrons. The van der Waals surface area contributed by atoms with Crippen molar-refractivity contribution in [2.45, 2.75) is 14.7 Å². The molecule has 5 aromatic rings. The molecule has 0 atom stereocenters. The zero-order valence-corrected chi connectivity index (χ0v) is 23.9. The number of benzene rings is 5. The molecule has 0 aromatic heterocycles. The molecule has 0 heterocycles. The maximum Gasteiger partial charge on any atom is 0.294 e. The minimum absolute atomic E-state index is 0.175.